The summed E-state index contributed by atoms with van der Waals surface area (Å²) in [7, 11) is -1.58. The van der Waals surface area contributed by atoms with Crippen molar-refractivity contribution in [1.82, 2.24) is 0 Å². The Morgan fingerprint density at radius 3 is 1.47 bits per heavy atom. The Hall–Kier alpha value is -0.430. The molecule has 0 unspecified atom stereocenters. The first kappa shape index (κ1) is 12.6. The minimum Gasteiger partial charge on any atom is -0.272 e. The van der Waals surface area contributed by atoms with Crippen LogP contribution in [0.1, 0.15) is 26.3 Å². The van der Waals surface area contributed by atoms with E-state index in [1.54, 1.807) is 0 Å². The van der Waals surface area contributed by atoms with Gasteiger partial charge >= 0.3 is 0 Å². The summed E-state index contributed by atoms with van der Waals surface area (Å²) >= 11 is 0. The number of thiol groups is 1. The lowest BCUT2D eigenvalue weighted by Crippen LogP contribution is -2.13. The molecule has 0 N–H and O–H groups in total. The van der Waals surface area contributed by atoms with E-state index in [4.69, 9.17) is 0 Å². The lowest BCUT2D eigenvalue weighted by Gasteiger charge is -2.47. The van der Waals surface area contributed by atoms with Crippen LogP contribution in [0.5, 0.6) is 0 Å². The molecule has 0 bridgehead atoms. The second-order valence-corrected chi connectivity index (χ2v) is 15.0. The summed E-state index contributed by atoms with van der Waals surface area (Å²) in [5, 5.41) is 0. The van der Waals surface area contributed by atoms with Crippen molar-refractivity contribution in [3.63, 3.8) is 0 Å². The molecule has 0 radical (unpaired) electrons. The second kappa shape index (κ2) is 3.28. The third-order valence-electron chi connectivity index (χ3n) is 2.77. The second-order valence-electron chi connectivity index (χ2n) is 7.37. The lowest BCUT2D eigenvalue weighted by molar-refractivity contribution is 0.589. The quantitative estimate of drug-likeness (QED) is 0.689. The fraction of sp³-hybridized carbons (Fsp3) is 0.571. The van der Waals surface area contributed by atoms with E-state index in [0.717, 1.165) is 0 Å². The van der Waals surface area contributed by atoms with E-state index in [1.807, 2.05) is 0 Å². The molecule has 0 aliphatic heterocycles. The molecule has 1 aromatic carbocycles. The SMILES string of the molecule is CC(C)(C)c1ccc([SH](C)(C)(C)C)cc1. The van der Waals surface area contributed by atoms with Gasteiger partial charge in [-0.25, -0.2) is 0 Å². The fourth-order valence-corrected chi connectivity index (χ4v) is 2.90. The van der Waals surface area contributed by atoms with Crippen molar-refractivity contribution in [2.45, 2.75) is 31.1 Å². The van der Waals surface area contributed by atoms with Gasteiger partial charge in [-0.2, -0.15) is 0 Å². The summed E-state index contributed by atoms with van der Waals surface area (Å²) in [6.45, 7) is 6.78. The Balaban J connectivity index is 3.13. The van der Waals surface area contributed by atoms with Crippen LogP contribution in [0, 0.1) is 0 Å². The van der Waals surface area contributed by atoms with Crippen molar-refractivity contribution in [3.05, 3.63) is 29.8 Å². The van der Waals surface area contributed by atoms with Gasteiger partial charge in [-0.3, -0.25) is 9.16 Å². The van der Waals surface area contributed by atoms with Crippen molar-refractivity contribution in [2.24, 2.45) is 0 Å². The molecule has 0 amide bonds. The van der Waals surface area contributed by atoms with Crippen LogP contribution >= 0.6 is 9.16 Å². The van der Waals surface area contributed by atoms with E-state index in [9.17, 15) is 0 Å². The molecule has 0 saturated carbocycles. The molecule has 0 nitrogen and oxygen atoms in total. The molecule has 0 aliphatic carbocycles. The van der Waals surface area contributed by atoms with Gasteiger partial charge in [0.05, 0.1) is 0 Å². The Morgan fingerprint density at radius 2 is 1.20 bits per heavy atom. The molecule has 15 heavy (non-hydrogen) atoms. The number of hydrogen-bond donors (Lipinski definition) is 1. The maximum absolute atomic E-state index is 2.40. The van der Waals surface area contributed by atoms with Gasteiger partial charge in [0.2, 0.25) is 0 Å². The molecular weight excluding hydrogens is 200 g/mol. The van der Waals surface area contributed by atoms with Crippen molar-refractivity contribution in [2.75, 3.05) is 25.0 Å². The molecule has 0 atom stereocenters. The number of benzene rings is 1. The molecule has 1 aromatic rings. The normalized spacial score (nSPS) is 15.8. The third-order valence-corrected chi connectivity index (χ3v) is 5.13. The van der Waals surface area contributed by atoms with Crippen LogP contribution in [0.4, 0.5) is 0 Å². The predicted molar refractivity (Wildman–Crippen MR) is 76.1 cm³/mol. The van der Waals surface area contributed by atoms with Gasteiger partial charge in [0.25, 0.3) is 0 Å². The smallest absolute Gasteiger partial charge is 0.0132 e. The topological polar surface area (TPSA) is 0 Å². The molecule has 0 heterocycles. The maximum atomic E-state index is 2.40. The van der Waals surface area contributed by atoms with Crippen LogP contribution < -0.4 is 0 Å². The molecule has 0 saturated heterocycles. The molecule has 0 spiro atoms. The van der Waals surface area contributed by atoms with Crippen LogP contribution in [0.2, 0.25) is 0 Å². The highest BCUT2D eigenvalue weighted by Crippen LogP contribution is 2.63. The first-order valence-corrected chi connectivity index (χ1v) is 9.61. The standard InChI is InChI=1S/C14H26S/c1-14(2,3)12-8-10-13(11-9-12)15(4,5,6)7/h8-11,15H,1-7H3. The van der Waals surface area contributed by atoms with E-state index >= 15 is 0 Å². The van der Waals surface area contributed by atoms with Crippen LogP contribution in [-0.4, -0.2) is 25.0 Å². The van der Waals surface area contributed by atoms with Crippen LogP contribution in [0.15, 0.2) is 29.2 Å². The van der Waals surface area contributed by atoms with Gasteiger partial charge in [0, 0.05) is 0 Å². The minimum absolute atomic E-state index is 0.262. The zero-order valence-corrected chi connectivity index (χ0v) is 12.2. The average Bonchev–Trinajstić information content (AvgIpc) is 2.00. The summed E-state index contributed by atoms with van der Waals surface area (Å²) in [6, 6.07) is 9.21. The monoisotopic (exact) mass is 226 g/mol. The van der Waals surface area contributed by atoms with Crippen molar-refractivity contribution < 1.29 is 0 Å². The Kier molecular flexibility index (Phi) is 2.76. The van der Waals surface area contributed by atoms with E-state index in [1.165, 1.54) is 10.5 Å². The van der Waals surface area contributed by atoms with Gasteiger partial charge in [0.15, 0.2) is 0 Å². The van der Waals surface area contributed by atoms with E-state index in [2.05, 4.69) is 70.1 Å². The Labute approximate surface area is 95.4 Å². The van der Waals surface area contributed by atoms with Crippen LogP contribution in [0.25, 0.3) is 0 Å². The lowest BCUT2D eigenvalue weighted by atomic mass is 9.87. The van der Waals surface area contributed by atoms with Gasteiger partial charge < -0.3 is 0 Å². The first-order valence-electron chi connectivity index (χ1n) is 5.58. The van der Waals surface area contributed by atoms with Gasteiger partial charge in [-0.15, -0.1) is 0 Å². The largest absolute Gasteiger partial charge is 0.272 e. The molecule has 1 rings (SSSR count). The molecule has 0 fully saturated rings. The van der Waals surface area contributed by atoms with Crippen molar-refractivity contribution in [3.8, 4) is 0 Å². The summed E-state index contributed by atoms with van der Waals surface area (Å²) in [6.07, 6.45) is 9.60. The number of hydrogen-bond acceptors (Lipinski definition) is 0. The molecular formula is C14H26S. The Morgan fingerprint density at radius 1 is 0.800 bits per heavy atom. The van der Waals surface area contributed by atoms with E-state index < -0.39 is 9.16 Å². The minimum atomic E-state index is -1.58. The summed E-state index contributed by atoms with van der Waals surface area (Å²) in [5.74, 6) is 0. The van der Waals surface area contributed by atoms with E-state index in [0.29, 0.717) is 0 Å². The van der Waals surface area contributed by atoms with Gasteiger partial charge in [0.1, 0.15) is 0 Å². The van der Waals surface area contributed by atoms with Gasteiger partial charge in [-0.05, 0) is 40.9 Å². The summed E-state index contributed by atoms with van der Waals surface area (Å²) in [4.78, 5) is 1.52. The third kappa shape index (κ3) is 3.27. The van der Waals surface area contributed by atoms with E-state index in [-0.39, 0.29) is 5.41 Å². The molecule has 0 aromatic heterocycles. The highest BCUT2D eigenvalue weighted by Gasteiger charge is 2.22. The predicted octanol–water partition coefficient (Wildman–Crippen LogP) is 3.93. The summed E-state index contributed by atoms with van der Waals surface area (Å²) in [5.41, 5.74) is 1.68. The first-order chi connectivity index (χ1) is 6.47. The molecule has 0 aliphatic rings. The van der Waals surface area contributed by atoms with Gasteiger partial charge in [-0.1, -0.05) is 45.0 Å². The Bertz CT molecular complexity index is 334. The zero-order valence-electron chi connectivity index (χ0n) is 11.3. The van der Waals surface area contributed by atoms with Crippen molar-refractivity contribution in [1.29, 1.82) is 0 Å². The maximum Gasteiger partial charge on any atom is -0.0132 e. The average molecular weight is 226 g/mol. The molecule has 88 valence electrons. The van der Waals surface area contributed by atoms with Crippen LogP contribution in [0.3, 0.4) is 0 Å². The number of rotatable bonds is 1. The summed E-state index contributed by atoms with van der Waals surface area (Å²) < 4.78 is 0. The van der Waals surface area contributed by atoms with Crippen molar-refractivity contribution >= 4 is 9.16 Å². The van der Waals surface area contributed by atoms with Crippen LogP contribution in [-0.2, 0) is 5.41 Å². The highest BCUT2D eigenvalue weighted by atomic mass is 32.3. The zero-order chi connectivity index (χ0) is 11.9. The molecule has 1 heteroatoms. The fourth-order valence-electron chi connectivity index (χ4n) is 1.56. The highest BCUT2D eigenvalue weighted by molar-refractivity contribution is 8.47.